The molecule has 2 aromatic carbocycles. The molecule has 0 aliphatic carbocycles. The van der Waals surface area contributed by atoms with Crippen LogP contribution in [0.2, 0.25) is 0 Å². The predicted octanol–water partition coefficient (Wildman–Crippen LogP) is 3.27. The number of hydrogen-bond acceptors (Lipinski definition) is 4. The molecular weight excluding hydrogens is 386 g/mol. The van der Waals surface area contributed by atoms with E-state index in [4.69, 9.17) is 0 Å². The van der Waals surface area contributed by atoms with Crippen LogP contribution in [0.1, 0.15) is 34.3 Å². The average molecular weight is 416 g/mol. The van der Waals surface area contributed by atoms with E-state index >= 15 is 0 Å². The van der Waals surface area contributed by atoms with Crippen molar-refractivity contribution in [3.05, 3.63) is 59.2 Å². The molecule has 1 heterocycles. The molecule has 156 valence electrons. The minimum absolute atomic E-state index is 0.127. The molecule has 0 unspecified atom stereocenters. The zero-order chi connectivity index (χ0) is 21.2. The lowest BCUT2D eigenvalue weighted by atomic mass is 10.0. The standard InChI is InChI=1S/C22H29N3O3S/c1-16-6-5-7-19(14-16)23-29(27,28)21-15-18(9-8-17(21)2)22(26)25(4)20-10-12-24(3)13-11-20/h5-9,14-15,20,23H,10-13H2,1-4H3. The molecule has 6 nitrogen and oxygen atoms in total. The third kappa shape index (κ3) is 4.97. The quantitative estimate of drug-likeness (QED) is 0.814. The molecule has 1 fully saturated rings. The number of likely N-dealkylation sites (tertiary alicyclic amines) is 1. The molecule has 7 heteroatoms. The van der Waals surface area contributed by atoms with Crippen molar-refractivity contribution in [2.75, 3.05) is 31.9 Å². The number of aryl methyl sites for hydroxylation is 2. The van der Waals surface area contributed by atoms with Crippen molar-refractivity contribution in [3.8, 4) is 0 Å². The van der Waals surface area contributed by atoms with E-state index in [1.54, 1.807) is 49.2 Å². The summed E-state index contributed by atoms with van der Waals surface area (Å²) in [5, 5.41) is 0. The number of nitrogens with one attached hydrogen (secondary N) is 1. The van der Waals surface area contributed by atoms with Gasteiger partial charge < -0.3 is 9.80 Å². The van der Waals surface area contributed by atoms with E-state index in [-0.39, 0.29) is 16.8 Å². The van der Waals surface area contributed by atoms with Gasteiger partial charge in [-0.15, -0.1) is 0 Å². The first-order valence-electron chi connectivity index (χ1n) is 9.83. The lowest BCUT2D eigenvalue weighted by molar-refractivity contribution is 0.0659. The highest BCUT2D eigenvalue weighted by molar-refractivity contribution is 7.92. The Kier molecular flexibility index (Phi) is 6.29. The summed E-state index contributed by atoms with van der Waals surface area (Å²) in [6.45, 7) is 5.55. The van der Waals surface area contributed by atoms with E-state index in [2.05, 4.69) is 16.7 Å². The number of carbonyl (C=O) groups excluding carboxylic acids is 1. The van der Waals surface area contributed by atoms with Gasteiger partial charge in [0.25, 0.3) is 15.9 Å². The number of hydrogen-bond donors (Lipinski definition) is 1. The van der Waals surface area contributed by atoms with Gasteiger partial charge in [0.15, 0.2) is 0 Å². The Balaban J connectivity index is 1.84. The van der Waals surface area contributed by atoms with Crippen LogP contribution < -0.4 is 4.72 Å². The Labute approximate surface area is 173 Å². The summed E-state index contributed by atoms with van der Waals surface area (Å²) >= 11 is 0. The maximum Gasteiger partial charge on any atom is 0.262 e. The molecule has 29 heavy (non-hydrogen) atoms. The number of benzene rings is 2. The smallest absolute Gasteiger partial charge is 0.262 e. The fraction of sp³-hybridized carbons (Fsp3) is 0.409. The predicted molar refractivity (Wildman–Crippen MR) is 116 cm³/mol. The third-order valence-electron chi connectivity index (χ3n) is 5.55. The maximum atomic E-state index is 13.0. The average Bonchev–Trinajstić information content (AvgIpc) is 2.67. The van der Waals surface area contributed by atoms with Gasteiger partial charge in [-0.05, 0) is 82.2 Å². The second kappa shape index (κ2) is 8.55. The summed E-state index contributed by atoms with van der Waals surface area (Å²) in [5.74, 6) is -0.147. The summed E-state index contributed by atoms with van der Waals surface area (Å²) in [7, 11) is 0.0806. The van der Waals surface area contributed by atoms with Crippen LogP contribution in [0, 0.1) is 13.8 Å². The Hall–Kier alpha value is -2.38. The lowest BCUT2D eigenvalue weighted by Gasteiger charge is -2.35. The van der Waals surface area contributed by atoms with Crippen LogP contribution in [0.5, 0.6) is 0 Å². The highest BCUT2D eigenvalue weighted by Crippen LogP contribution is 2.23. The summed E-state index contributed by atoms with van der Waals surface area (Å²) in [4.78, 5) is 17.1. The van der Waals surface area contributed by atoms with Gasteiger partial charge in [0.1, 0.15) is 0 Å². The van der Waals surface area contributed by atoms with Gasteiger partial charge in [0, 0.05) is 24.3 Å². The van der Waals surface area contributed by atoms with Crippen LogP contribution in [-0.2, 0) is 10.0 Å². The normalized spacial score (nSPS) is 15.9. The first-order chi connectivity index (χ1) is 13.7. The molecule has 1 amide bonds. The minimum atomic E-state index is -3.80. The van der Waals surface area contributed by atoms with Gasteiger partial charge in [-0.2, -0.15) is 0 Å². The number of rotatable bonds is 5. The summed E-state index contributed by atoms with van der Waals surface area (Å²) in [6, 6.07) is 12.2. The number of anilines is 1. The first-order valence-corrected chi connectivity index (χ1v) is 11.3. The minimum Gasteiger partial charge on any atom is -0.339 e. The number of amides is 1. The monoisotopic (exact) mass is 415 g/mol. The lowest BCUT2D eigenvalue weighted by Crippen LogP contribution is -2.44. The van der Waals surface area contributed by atoms with Crippen LogP contribution in [0.15, 0.2) is 47.4 Å². The second-order valence-electron chi connectivity index (χ2n) is 7.91. The second-order valence-corrected chi connectivity index (χ2v) is 9.56. The molecule has 0 spiro atoms. The summed E-state index contributed by atoms with van der Waals surface area (Å²) in [6.07, 6.45) is 1.84. The van der Waals surface area contributed by atoms with Gasteiger partial charge in [-0.3, -0.25) is 9.52 Å². The molecule has 1 aliphatic heterocycles. The number of sulfonamides is 1. The zero-order valence-electron chi connectivity index (χ0n) is 17.5. The third-order valence-corrected chi connectivity index (χ3v) is 7.07. The van der Waals surface area contributed by atoms with Crippen LogP contribution >= 0.6 is 0 Å². The topological polar surface area (TPSA) is 69.7 Å². The van der Waals surface area contributed by atoms with Gasteiger partial charge in [0.2, 0.25) is 0 Å². The molecular formula is C22H29N3O3S. The number of carbonyl (C=O) groups is 1. The SMILES string of the molecule is Cc1cccc(NS(=O)(=O)c2cc(C(=O)N(C)C3CCN(C)CC3)ccc2C)c1. The largest absolute Gasteiger partial charge is 0.339 e. The van der Waals surface area contributed by atoms with Crippen molar-refractivity contribution in [2.24, 2.45) is 0 Å². The molecule has 0 bridgehead atoms. The summed E-state index contributed by atoms with van der Waals surface area (Å²) in [5.41, 5.74) is 2.46. The highest BCUT2D eigenvalue weighted by Gasteiger charge is 2.26. The van der Waals surface area contributed by atoms with Crippen LogP contribution in [0.4, 0.5) is 5.69 Å². The molecule has 0 saturated carbocycles. The van der Waals surface area contributed by atoms with Gasteiger partial charge in [-0.25, -0.2) is 8.42 Å². The van der Waals surface area contributed by atoms with Gasteiger partial charge >= 0.3 is 0 Å². The molecule has 1 N–H and O–H groups in total. The van der Waals surface area contributed by atoms with E-state index in [1.807, 2.05) is 13.0 Å². The van der Waals surface area contributed by atoms with Crippen LogP contribution in [0.3, 0.4) is 0 Å². The Morgan fingerprint density at radius 1 is 1.10 bits per heavy atom. The maximum absolute atomic E-state index is 13.0. The van der Waals surface area contributed by atoms with Crippen LogP contribution in [0.25, 0.3) is 0 Å². The highest BCUT2D eigenvalue weighted by atomic mass is 32.2. The fourth-order valence-electron chi connectivity index (χ4n) is 3.69. The number of nitrogens with zero attached hydrogens (tertiary/aromatic N) is 2. The fourth-order valence-corrected chi connectivity index (χ4v) is 5.01. The van der Waals surface area contributed by atoms with E-state index < -0.39 is 10.0 Å². The Morgan fingerprint density at radius 2 is 1.79 bits per heavy atom. The molecule has 2 aromatic rings. The molecule has 0 atom stereocenters. The zero-order valence-corrected chi connectivity index (χ0v) is 18.3. The van der Waals surface area contributed by atoms with Gasteiger partial charge in [-0.1, -0.05) is 18.2 Å². The van der Waals surface area contributed by atoms with E-state index in [0.717, 1.165) is 31.5 Å². The Bertz CT molecular complexity index is 996. The van der Waals surface area contributed by atoms with Crippen molar-refractivity contribution >= 4 is 21.6 Å². The summed E-state index contributed by atoms with van der Waals surface area (Å²) < 4.78 is 28.6. The number of piperidine rings is 1. The van der Waals surface area contributed by atoms with Crippen molar-refractivity contribution in [1.82, 2.24) is 9.80 Å². The molecule has 0 aromatic heterocycles. The first kappa shape index (κ1) is 21.3. The van der Waals surface area contributed by atoms with Crippen molar-refractivity contribution in [1.29, 1.82) is 0 Å². The molecule has 1 aliphatic rings. The molecule has 0 radical (unpaired) electrons. The van der Waals surface area contributed by atoms with Crippen LogP contribution in [-0.4, -0.2) is 57.4 Å². The van der Waals surface area contributed by atoms with E-state index in [9.17, 15) is 13.2 Å². The van der Waals surface area contributed by atoms with E-state index in [0.29, 0.717) is 16.8 Å². The van der Waals surface area contributed by atoms with Crippen molar-refractivity contribution < 1.29 is 13.2 Å². The van der Waals surface area contributed by atoms with Crippen molar-refractivity contribution in [3.63, 3.8) is 0 Å². The van der Waals surface area contributed by atoms with Gasteiger partial charge in [0.05, 0.1) is 4.90 Å². The molecule has 3 rings (SSSR count). The van der Waals surface area contributed by atoms with Crippen molar-refractivity contribution in [2.45, 2.75) is 37.6 Å². The Morgan fingerprint density at radius 3 is 2.45 bits per heavy atom. The van der Waals surface area contributed by atoms with E-state index in [1.165, 1.54) is 6.07 Å². The molecule has 1 saturated heterocycles.